The normalized spacial score (nSPS) is 20.7. The highest BCUT2D eigenvalue weighted by Crippen LogP contribution is 2.24. The summed E-state index contributed by atoms with van der Waals surface area (Å²) in [5.41, 5.74) is 0.972. The zero-order chi connectivity index (χ0) is 15.2. The molecule has 0 saturated carbocycles. The summed E-state index contributed by atoms with van der Waals surface area (Å²) in [5.74, 6) is 1.21. The smallest absolute Gasteiger partial charge is 0.230 e. The molecule has 1 aliphatic carbocycles. The maximum Gasteiger partial charge on any atom is 0.230 e. The van der Waals surface area contributed by atoms with E-state index >= 15 is 0 Å². The molecule has 114 valence electrons. The maximum atomic E-state index is 11.8. The van der Waals surface area contributed by atoms with Crippen LogP contribution in [0.1, 0.15) is 12.0 Å². The predicted molar refractivity (Wildman–Crippen MR) is 88.9 cm³/mol. The molecule has 1 aliphatic rings. The Hall–Kier alpha value is -0.680. The highest BCUT2D eigenvalue weighted by molar-refractivity contribution is 7.99. The first-order valence-electron chi connectivity index (χ1n) is 6.68. The molecule has 2 atom stereocenters. The van der Waals surface area contributed by atoms with E-state index in [1.54, 1.807) is 12.1 Å². The van der Waals surface area contributed by atoms with Crippen LogP contribution in [-0.2, 0) is 10.5 Å². The van der Waals surface area contributed by atoms with Crippen LogP contribution in [0, 0.1) is 5.92 Å². The number of amides is 1. The number of rotatable bonds is 6. The van der Waals surface area contributed by atoms with E-state index in [1.807, 2.05) is 18.2 Å². The Bertz CT molecular complexity index is 536. The fraction of sp³-hybridized carbons (Fsp3) is 0.400. The van der Waals surface area contributed by atoms with Crippen molar-refractivity contribution in [3.63, 3.8) is 0 Å². The number of nitrogens with one attached hydrogen (secondary N) is 1. The van der Waals surface area contributed by atoms with Crippen molar-refractivity contribution < 1.29 is 9.90 Å². The molecule has 0 spiro atoms. The molecule has 21 heavy (non-hydrogen) atoms. The first-order chi connectivity index (χ1) is 10.1. The van der Waals surface area contributed by atoms with Gasteiger partial charge in [-0.1, -0.05) is 41.4 Å². The molecule has 1 amide bonds. The van der Waals surface area contributed by atoms with Crippen molar-refractivity contribution in [1.82, 2.24) is 5.32 Å². The molecule has 6 heteroatoms. The van der Waals surface area contributed by atoms with Crippen molar-refractivity contribution >= 4 is 40.9 Å². The van der Waals surface area contributed by atoms with Crippen LogP contribution in [0.25, 0.3) is 0 Å². The van der Waals surface area contributed by atoms with E-state index < -0.39 is 0 Å². The lowest BCUT2D eigenvalue weighted by Crippen LogP contribution is -2.34. The topological polar surface area (TPSA) is 49.3 Å². The van der Waals surface area contributed by atoms with Crippen LogP contribution in [0.4, 0.5) is 0 Å². The van der Waals surface area contributed by atoms with Crippen LogP contribution in [0.3, 0.4) is 0 Å². The van der Waals surface area contributed by atoms with E-state index in [4.69, 9.17) is 28.3 Å². The summed E-state index contributed by atoms with van der Waals surface area (Å²) in [4.78, 5) is 11.8. The first kappa shape index (κ1) is 16.7. The number of hydrogen-bond acceptors (Lipinski definition) is 3. The third-order valence-electron chi connectivity index (χ3n) is 3.26. The van der Waals surface area contributed by atoms with Gasteiger partial charge in [0, 0.05) is 34.4 Å². The molecule has 3 nitrogen and oxygen atoms in total. The van der Waals surface area contributed by atoms with Gasteiger partial charge < -0.3 is 10.4 Å². The number of halogens is 2. The molecule has 0 aromatic heterocycles. The lowest BCUT2D eigenvalue weighted by molar-refractivity contribution is -0.119. The zero-order valence-electron chi connectivity index (χ0n) is 11.4. The van der Waals surface area contributed by atoms with Gasteiger partial charge in [-0.3, -0.25) is 4.79 Å². The highest BCUT2D eigenvalue weighted by atomic mass is 35.5. The summed E-state index contributed by atoms with van der Waals surface area (Å²) in [5, 5.41) is 13.2. The lowest BCUT2D eigenvalue weighted by atomic mass is 10.1. The van der Waals surface area contributed by atoms with Crippen molar-refractivity contribution in [2.45, 2.75) is 18.2 Å². The monoisotopic (exact) mass is 345 g/mol. The van der Waals surface area contributed by atoms with Gasteiger partial charge in [-0.2, -0.15) is 0 Å². The summed E-state index contributed by atoms with van der Waals surface area (Å²) in [6.45, 7) is 0.132. The van der Waals surface area contributed by atoms with Crippen molar-refractivity contribution in [1.29, 1.82) is 0 Å². The van der Waals surface area contributed by atoms with Gasteiger partial charge in [0.2, 0.25) is 5.91 Å². The average molecular weight is 346 g/mol. The zero-order valence-corrected chi connectivity index (χ0v) is 13.7. The Balaban J connectivity index is 1.71. The summed E-state index contributed by atoms with van der Waals surface area (Å²) in [7, 11) is 0. The standard InChI is InChI=1S/C15H17Cl2NO2S/c16-12-3-2-11(14(17)6-12)8-21-9-15(20)18-13-4-1-10(5-13)7-19/h1-4,6,10,13,19H,5,7-9H2,(H,18,20)/t10-,13+/m0/s1. The van der Waals surface area contributed by atoms with Gasteiger partial charge in [0.15, 0.2) is 0 Å². The summed E-state index contributed by atoms with van der Waals surface area (Å²) in [6, 6.07) is 5.41. The van der Waals surface area contributed by atoms with Gasteiger partial charge in [0.25, 0.3) is 0 Å². The van der Waals surface area contributed by atoms with Gasteiger partial charge in [0.05, 0.1) is 5.75 Å². The van der Waals surface area contributed by atoms with Gasteiger partial charge in [-0.05, 0) is 24.1 Å². The minimum Gasteiger partial charge on any atom is -0.396 e. The number of carbonyl (C=O) groups excluding carboxylic acids is 1. The largest absolute Gasteiger partial charge is 0.396 e. The highest BCUT2D eigenvalue weighted by Gasteiger charge is 2.19. The number of hydrogen-bond donors (Lipinski definition) is 2. The molecular weight excluding hydrogens is 329 g/mol. The lowest BCUT2D eigenvalue weighted by Gasteiger charge is -2.12. The number of carbonyl (C=O) groups is 1. The van der Waals surface area contributed by atoms with Crippen LogP contribution in [0.15, 0.2) is 30.4 Å². The van der Waals surface area contributed by atoms with Gasteiger partial charge in [-0.15, -0.1) is 11.8 Å². The third kappa shape index (κ3) is 5.22. The van der Waals surface area contributed by atoms with Crippen LogP contribution < -0.4 is 5.32 Å². The summed E-state index contributed by atoms with van der Waals surface area (Å²) in [6.07, 6.45) is 4.67. The maximum absolute atomic E-state index is 11.8. The third-order valence-corrected chi connectivity index (χ3v) is 4.83. The molecule has 0 aliphatic heterocycles. The minimum absolute atomic E-state index is 0.00155. The van der Waals surface area contributed by atoms with Gasteiger partial charge in [0.1, 0.15) is 0 Å². The molecular formula is C15H17Cl2NO2S. The van der Waals surface area contributed by atoms with Crippen LogP contribution in [0.5, 0.6) is 0 Å². The van der Waals surface area contributed by atoms with Crippen molar-refractivity contribution in [2.75, 3.05) is 12.4 Å². The molecule has 0 bridgehead atoms. The number of thioether (sulfide) groups is 1. The Morgan fingerprint density at radius 2 is 2.19 bits per heavy atom. The Kier molecular flexibility index (Phi) is 6.42. The van der Waals surface area contributed by atoms with Gasteiger partial charge in [-0.25, -0.2) is 0 Å². The van der Waals surface area contributed by atoms with E-state index in [0.717, 1.165) is 12.0 Å². The number of benzene rings is 1. The molecule has 2 rings (SSSR count). The molecule has 0 saturated heterocycles. The molecule has 1 aromatic rings. The van der Waals surface area contributed by atoms with Crippen molar-refractivity contribution in [3.05, 3.63) is 46.0 Å². The second kappa shape index (κ2) is 8.08. The van der Waals surface area contributed by atoms with Crippen LogP contribution in [0.2, 0.25) is 10.0 Å². The summed E-state index contributed by atoms with van der Waals surface area (Å²) >= 11 is 13.4. The number of aliphatic hydroxyl groups excluding tert-OH is 1. The molecule has 0 heterocycles. The molecule has 0 fully saturated rings. The van der Waals surface area contributed by atoms with Crippen LogP contribution in [-0.4, -0.2) is 29.4 Å². The number of aliphatic hydroxyl groups is 1. The molecule has 0 unspecified atom stereocenters. The van der Waals surface area contributed by atoms with E-state index in [9.17, 15) is 4.79 Å². The van der Waals surface area contributed by atoms with Crippen molar-refractivity contribution in [3.8, 4) is 0 Å². The van der Waals surface area contributed by atoms with E-state index in [1.165, 1.54) is 11.8 Å². The molecule has 1 aromatic carbocycles. The second-order valence-corrected chi connectivity index (χ2v) is 6.80. The summed E-state index contributed by atoms with van der Waals surface area (Å²) < 4.78 is 0. The quantitative estimate of drug-likeness (QED) is 0.778. The second-order valence-electron chi connectivity index (χ2n) is 4.97. The van der Waals surface area contributed by atoms with E-state index in [2.05, 4.69) is 5.32 Å². The molecule has 0 radical (unpaired) electrons. The fourth-order valence-electron chi connectivity index (χ4n) is 2.16. The fourth-order valence-corrected chi connectivity index (χ4v) is 3.55. The predicted octanol–water partition coefficient (Wildman–Crippen LogP) is 3.28. The van der Waals surface area contributed by atoms with Crippen molar-refractivity contribution in [2.24, 2.45) is 5.92 Å². The Labute approximate surface area is 138 Å². The first-order valence-corrected chi connectivity index (χ1v) is 8.59. The Morgan fingerprint density at radius 3 is 2.86 bits per heavy atom. The van der Waals surface area contributed by atoms with Crippen LogP contribution >= 0.6 is 35.0 Å². The minimum atomic E-state index is -0.00155. The van der Waals surface area contributed by atoms with E-state index in [0.29, 0.717) is 21.6 Å². The molecule has 2 N–H and O–H groups in total. The van der Waals surface area contributed by atoms with E-state index in [-0.39, 0.29) is 24.5 Å². The average Bonchev–Trinajstić information content (AvgIpc) is 2.89. The SMILES string of the molecule is O=C(CSCc1ccc(Cl)cc1Cl)N[C@@H]1C=C[C@H](CO)C1. The van der Waals surface area contributed by atoms with Gasteiger partial charge >= 0.3 is 0 Å². The Morgan fingerprint density at radius 1 is 1.38 bits per heavy atom.